The van der Waals surface area contributed by atoms with Gasteiger partial charge in [-0.2, -0.15) is 0 Å². The number of esters is 1. The van der Waals surface area contributed by atoms with Crippen molar-refractivity contribution >= 4 is 39.3 Å². The van der Waals surface area contributed by atoms with Crippen molar-refractivity contribution in [3.8, 4) is 0 Å². The molecule has 1 heterocycles. The molecule has 0 fully saturated rings. The standard InChI is InChI=1S/C20H17NO5S/c1-2-26-20(23)13-12-17-16-10-6-7-11-18(16)21(19(17)14-22)27(24,25)15-8-4-3-5-9-15/h3-14H,2H2,1H3/b13-12+. The zero-order chi connectivity index (χ0) is 19.4. The van der Waals surface area contributed by atoms with Gasteiger partial charge >= 0.3 is 5.97 Å². The number of ether oxygens (including phenoxy) is 1. The van der Waals surface area contributed by atoms with Gasteiger partial charge in [0.05, 0.1) is 17.0 Å². The molecule has 0 aliphatic heterocycles. The minimum Gasteiger partial charge on any atom is -0.463 e. The maximum absolute atomic E-state index is 13.2. The lowest BCUT2D eigenvalue weighted by Gasteiger charge is -2.09. The summed E-state index contributed by atoms with van der Waals surface area (Å²) < 4.78 is 32.2. The molecule has 6 nitrogen and oxygen atoms in total. The highest BCUT2D eigenvalue weighted by Gasteiger charge is 2.25. The Labute approximate surface area is 156 Å². The number of para-hydroxylation sites is 1. The van der Waals surface area contributed by atoms with Gasteiger partial charge in [-0.25, -0.2) is 17.2 Å². The van der Waals surface area contributed by atoms with Gasteiger partial charge in [0.2, 0.25) is 0 Å². The molecule has 0 radical (unpaired) electrons. The monoisotopic (exact) mass is 383 g/mol. The molecule has 0 aliphatic rings. The van der Waals surface area contributed by atoms with Crippen LogP contribution in [0, 0.1) is 0 Å². The molecule has 0 amide bonds. The van der Waals surface area contributed by atoms with E-state index in [0.717, 1.165) is 3.97 Å². The van der Waals surface area contributed by atoms with E-state index in [9.17, 15) is 18.0 Å². The summed E-state index contributed by atoms with van der Waals surface area (Å²) in [6.45, 7) is 1.90. The highest BCUT2D eigenvalue weighted by Crippen LogP contribution is 2.30. The van der Waals surface area contributed by atoms with Gasteiger partial charge in [-0.15, -0.1) is 0 Å². The van der Waals surface area contributed by atoms with Crippen molar-refractivity contribution in [1.29, 1.82) is 0 Å². The van der Waals surface area contributed by atoms with Gasteiger partial charge in [0, 0.05) is 17.0 Å². The third kappa shape index (κ3) is 3.41. The average molecular weight is 383 g/mol. The summed E-state index contributed by atoms with van der Waals surface area (Å²) in [7, 11) is -4.00. The smallest absolute Gasteiger partial charge is 0.330 e. The van der Waals surface area contributed by atoms with E-state index in [1.165, 1.54) is 24.3 Å². The molecule has 7 heteroatoms. The number of hydrogen-bond donors (Lipinski definition) is 0. The number of fused-ring (bicyclic) bond motifs is 1. The van der Waals surface area contributed by atoms with Gasteiger partial charge in [0.15, 0.2) is 6.29 Å². The second-order valence-electron chi connectivity index (χ2n) is 5.60. The Bertz CT molecular complexity index is 1130. The van der Waals surface area contributed by atoms with Gasteiger partial charge in [0.1, 0.15) is 5.69 Å². The summed E-state index contributed by atoms with van der Waals surface area (Å²) in [6, 6.07) is 14.6. The number of rotatable bonds is 6. The van der Waals surface area contributed by atoms with Crippen molar-refractivity contribution < 1.29 is 22.7 Å². The molecule has 0 saturated carbocycles. The number of aldehydes is 1. The van der Waals surface area contributed by atoms with Crippen LogP contribution >= 0.6 is 0 Å². The van der Waals surface area contributed by atoms with Crippen LogP contribution in [0.4, 0.5) is 0 Å². The third-order valence-corrected chi connectivity index (χ3v) is 5.72. The van der Waals surface area contributed by atoms with Crippen LogP contribution in [0.15, 0.2) is 65.6 Å². The van der Waals surface area contributed by atoms with Gasteiger partial charge in [0.25, 0.3) is 10.0 Å². The minimum atomic E-state index is -4.00. The molecular formula is C20H17NO5S. The van der Waals surface area contributed by atoms with E-state index in [0.29, 0.717) is 22.8 Å². The first-order valence-electron chi connectivity index (χ1n) is 8.24. The molecule has 27 heavy (non-hydrogen) atoms. The van der Waals surface area contributed by atoms with E-state index in [4.69, 9.17) is 4.74 Å². The molecule has 0 bridgehead atoms. The number of carbonyl (C=O) groups is 2. The van der Waals surface area contributed by atoms with Gasteiger partial charge in [-0.1, -0.05) is 36.4 Å². The number of hydrogen-bond acceptors (Lipinski definition) is 5. The number of nitrogens with zero attached hydrogens (tertiary/aromatic N) is 1. The van der Waals surface area contributed by atoms with Crippen molar-refractivity contribution in [3.63, 3.8) is 0 Å². The SMILES string of the molecule is CCOC(=O)/C=C/c1c(C=O)n(S(=O)(=O)c2ccccc2)c2ccccc12. The third-order valence-electron chi connectivity index (χ3n) is 3.97. The van der Waals surface area contributed by atoms with Crippen LogP contribution in [0.25, 0.3) is 17.0 Å². The zero-order valence-corrected chi connectivity index (χ0v) is 15.3. The topological polar surface area (TPSA) is 82.4 Å². The van der Waals surface area contributed by atoms with Gasteiger partial charge in [-0.05, 0) is 31.2 Å². The van der Waals surface area contributed by atoms with E-state index < -0.39 is 16.0 Å². The quantitative estimate of drug-likeness (QED) is 0.371. The second kappa shape index (κ2) is 7.59. The van der Waals surface area contributed by atoms with E-state index in [1.54, 1.807) is 49.4 Å². The summed E-state index contributed by atoms with van der Waals surface area (Å²) in [6.07, 6.45) is 3.06. The Morgan fingerprint density at radius 3 is 2.41 bits per heavy atom. The first kappa shape index (κ1) is 18.6. The predicted octanol–water partition coefficient (Wildman–Crippen LogP) is 3.27. The zero-order valence-electron chi connectivity index (χ0n) is 14.5. The van der Waals surface area contributed by atoms with Crippen LogP contribution in [0.3, 0.4) is 0 Å². The summed E-state index contributed by atoms with van der Waals surface area (Å²) in [4.78, 5) is 23.6. The molecule has 0 aliphatic carbocycles. The highest BCUT2D eigenvalue weighted by atomic mass is 32.2. The maximum atomic E-state index is 13.2. The lowest BCUT2D eigenvalue weighted by molar-refractivity contribution is -0.137. The molecular weight excluding hydrogens is 366 g/mol. The summed E-state index contributed by atoms with van der Waals surface area (Å²) in [5.74, 6) is -0.572. The lowest BCUT2D eigenvalue weighted by atomic mass is 10.1. The first-order chi connectivity index (χ1) is 13.0. The van der Waals surface area contributed by atoms with E-state index >= 15 is 0 Å². The Kier molecular flexibility index (Phi) is 5.23. The predicted molar refractivity (Wildman–Crippen MR) is 102 cm³/mol. The largest absolute Gasteiger partial charge is 0.463 e. The molecule has 0 unspecified atom stereocenters. The van der Waals surface area contributed by atoms with Crippen LogP contribution in [0.1, 0.15) is 23.0 Å². The van der Waals surface area contributed by atoms with E-state index in [-0.39, 0.29) is 17.2 Å². The van der Waals surface area contributed by atoms with Crippen LogP contribution < -0.4 is 0 Å². The van der Waals surface area contributed by atoms with Crippen molar-refractivity contribution in [2.45, 2.75) is 11.8 Å². The molecule has 2 aromatic carbocycles. The highest BCUT2D eigenvalue weighted by molar-refractivity contribution is 7.90. The molecule has 1 aromatic heterocycles. The lowest BCUT2D eigenvalue weighted by Crippen LogP contribution is -2.15. The summed E-state index contributed by atoms with van der Waals surface area (Å²) >= 11 is 0. The normalized spacial score (nSPS) is 11.7. The molecule has 138 valence electrons. The summed E-state index contributed by atoms with van der Waals surface area (Å²) in [5, 5.41) is 0.541. The van der Waals surface area contributed by atoms with Gasteiger partial charge < -0.3 is 4.74 Å². The van der Waals surface area contributed by atoms with Crippen molar-refractivity contribution in [3.05, 3.63) is 71.9 Å². The fourth-order valence-electron chi connectivity index (χ4n) is 2.84. The van der Waals surface area contributed by atoms with E-state index in [1.807, 2.05) is 0 Å². The van der Waals surface area contributed by atoms with Crippen LogP contribution in [-0.2, 0) is 19.6 Å². The Morgan fingerprint density at radius 1 is 1.07 bits per heavy atom. The Balaban J connectivity index is 2.29. The minimum absolute atomic E-state index is 0.0550. The molecule has 0 N–H and O–H groups in total. The Morgan fingerprint density at radius 2 is 1.74 bits per heavy atom. The van der Waals surface area contributed by atoms with Crippen molar-refractivity contribution in [2.75, 3.05) is 6.61 Å². The first-order valence-corrected chi connectivity index (χ1v) is 9.68. The molecule has 0 saturated heterocycles. The second-order valence-corrected chi connectivity index (χ2v) is 7.39. The van der Waals surface area contributed by atoms with Crippen LogP contribution in [-0.4, -0.2) is 31.3 Å². The molecule has 3 rings (SSSR count). The average Bonchev–Trinajstić information content (AvgIpc) is 3.01. The fraction of sp³-hybridized carbons (Fsp3) is 0.100. The number of aromatic nitrogens is 1. The molecule has 3 aromatic rings. The van der Waals surface area contributed by atoms with Crippen LogP contribution in [0.5, 0.6) is 0 Å². The number of carbonyl (C=O) groups excluding carboxylic acids is 2. The fourth-order valence-corrected chi connectivity index (χ4v) is 4.37. The number of benzene rings is 2. The summed E-state index contributed by atoms with van der Waals surface area (Å²) in [5.41, 5.74) is 0.640. The van der Waals surface area contributed by atoms with Crippen molar-refractivity contribution in [2.24, 2.45) is 0 Å². The maximum Gasteiger partial charge on any atom is 0.330 e. The van der Waals surface area contributed by atoms with E-state index in [2.05, 4.69) is 0 Å². The Hall–Kier alpha value is -3.19. The van der Waals surface area contributed by atoms with Gasteiger partial charge in [-0.3, -0.25) is 4.79 Å². The van der Waals surface area contributed by atoms with Crippen molar-refractivity contribution in [1.82, 2.24) is 3.97 Å². The molecule has 0 atom stereocenters. The van der Waals surface area contributed by atoms with Crippen LogP contribution in [0.2, 0.25) is 0 Å². The molecule has 0 spiro atoms.